The molecule has 0 saturated carbocycles. The lowest BCUT2D eigenvalue weighted by molar-refractivity contribution is 0.385. The van der Waals surface area contributed by atoms with Crippen LogP contribution in [0.25, 0.3) is 22.4 Å². The lowest BCUT2D eigenvalue weighted by atomic mass is 10.2. The zero-order valence-electron chi connectivity index (χ0n) is 12.1. The van der Waals surface area contributed by atoms with Gasteiger partial charge in [0.15, 0.2) is 16.9 Å². The van der Waals surface area contributed by atoms with E-state index in [9.17, 15) is 10.2 Å². The third kappa shape index (κ3) is 1.92. The van der Waals surface area contributed by atoms with Gasteiger partial charge in [-0.1, -0.05) is 35.5 Å². The highest BCUT2D eigenvalue weighted by Gasteiger charge is 2.21. The fourth-order valence-electron chi connectivity index (χ4n) is 2.42. The van der Waals surface area contributed by atoms with Crippen molar-refractivity contribution in [2.24, 2.45) is 7.05 Å². The number of nitrogens with zero attached hydrogens (tertiary/aromatic N) is 8. The van der Waals surface area contributed by atoms with E-state index in [4.69, 9.17) is 0 Å². The number of hydrogen-bond donors (Lipinski definition) is 2. The second-order valence-electron chi connectivity index (χ2n) is 5.00. The first kappa shape index (κ1) is 13.2. The zero-order valence-corrected chi connectivity index (χ0v) is 12.1. The van der Waals surface area contributed by atoms with Crippen molar-refractivity contribution >= 4 is 11.0 Å². The van der Waals surface area contributed by atoms with Crippen LogP contribution >= 0.6 is 0 Å². The van der Waals surface area contributed by atoms with Crippen molar-refractivity contribution in [2.75, 3.05) is 0 Å². The predicted octanol–water partition coefficient (Wildman–Crippen LogP) is 0.340. The molecule has 3 aromatic heterocycles. The van der Waals surface area contributed by atoms with Crippen molar-refractivity contribution in [1.82, 2.24) is 39.8 Å². The van der Waals surface area contributed by atoms with Crippen molar-refractivity contribution in [3.63, 3.8) is 0 Å². The zero-order chi connectivity index (χ0) is 16.0. The summed E-state index contributed by atoms with van der Waals surface area (Å²) in [6.45, 7) is 0.144. The minimum absolute atomic E-state index is 0.128. The van der Waals surface area contributed by atoms with Crippen LogP contribution in [0.15, 0.2) is 30.3 Å². The van der Waals surface area contributed by atoms with Gasteiger partial charge < -0.3 is 10.2 Å². The highest BCUT2D eigenvalue weighted by atomic mass is 16.3. The standard InChI is InChI=1S/C13H12N8O2/c1-19-12(22)9-10(13(19)23)20(17-14-9)7-21-11(15-16-18-21)8-5-3-2-4-6-8/h2-6,22-23H,7H2,1H3. The first-order chi connectivity index (χ1) is 11.2. The Bertz CT molecular complexity index is 984. The summed E-state index contributed by atoms with van der Waals surface area (Å²) in [5, 5.41) is 39.5. The quantitative estimate of drug-likeness (QED) is 0.559. The molecule has 4 aromatic rings. The molecule has 3 heterocycles. The maximum Gasteiger partial charge on any atom is 0.224 e. The van der Waals surface area contributed by atoms with Crippen LogP contribution < -0.4 is 0 Å². The third-order valence-electron chi connectivity index (χ3n) is 3.63. The van der Waals surface area contributed by atoms with E-state index in [-0.39, 0.29) is 23.9 Å². The Morgan fingerprint density at radius 2 is 1.74 bits per heavy atom. The van der Waals surface area contributed by atoms with Crippen LogP contribution in [-0.2, 0) is 13.7 Å². The molecule has 0 aliphatic carbocycles. The van der Waals surface area contributed by atoms with E-state index in [1.807, 2.05) is 30.3 Å². The van der Waals surface area contributed by atoms with Crippen LogP contribution in [-0.4, -0.2) is 50.0 Å². The van der Waals surface area contributed by atoms with Crippen molar-refractivity contribution in [1.29, 1.82) is 0 Å². The van der Waals surface area contributed by atoms with Crippen LogP contribution in [0, 0.1) is 0 Å². The number of rotatable bonds is 3. The Labute approximate surface area is 129 Å². The van der Waals surface area contributed by atoms with Gasteiger partial charge >= 0.3 is 0 Å². The van der Waals surface area contributed by atoms with Gasteiger partial charge in [0.05, 0.1) is 0 Å². The Morgan fingerprint density at radius 1 is 0.957 bits per heavy atom. The minimum Gasteiger partial charge on any atom is -0.493 e. The number of benzene rings is 1. The van der Waals surface area contributed by atoms with E-state index in [0.29, 0.717) is 11.3 Å². The van der Waals surface area contributed by atoms with Crippen LogP contribution in [0.1, 0.15) is 0 Å². The molecule has 0 spiro atoms. The summed E-state index contributed by atoms with van der Waals surface area (Å²) in [6, 6.07) is 9.48. The molecule has 0 unspecified atom stereocenters. The molecule has 2 N–H and O–H groups in total. The SMILES string of the molecule is Cn1c(O)c2nnn(Cn3nnnc3-c3ccccc3)c2c1O. The Kier molecular flexibility index (Phi) is 2.76. The molecule has 0 atom stereocenters. The van der Waals surface area contributed by atoms with E-state index in [1.54, 1.807) is 0 Å². The molecular formula is C13H12N8O2. The third-order valence-corrected chi connectivity index (χ3v) is 3.63. The largest absolute Gasteiger partial charge is 0.493 e. The summed E-state index contributed by atoms with van der Waals surface area (Å²) in [6.07, 6.45) is 0. The molecule has 0 saturated heterocycles. The molecule has 10 heteroatoms. The fourth-order valence-corrected chi connectivity index (χ4v) is 2.42. The second kappa shape index (κ2) is 4.80. The van der Waals surface area contributed by atoms with Gasteiger partial charge in [0.2, 0.25) is 11.8 Å². The van der Waals surface area contributed by atoms with Crippen molar-refractivity contribution in [3.05, 3.63) is 30.3 Å². The second-order valence-corrected chi connectivity index (χ2v) is 5.00. The number of aromatic hydroxyl groups is 2. The van der Waals surface area contributed by atoms with E-state index in [2.05, 4.69) is 25.8 Å². The Balaban J connectivity index is 1.79. The first-order valence-corrected chi connectivity index (χ1v) is 6.78. The molecule has 0 fully saturated rings. The van der Waals surface area contributed by atoms with Crippen molar-refractivity contribution < 1.29 is 10.2 Å². The number of fused-ring (bicyclic) bond motifs is 1. The molecule has 0 amide bonds. The maximum atomic E-state index is 10.1. The summed E-state index contributed by atoms with van der Waals surface area (Å²) in [4.78, 5) is 0. The molecule has 0 aliphatic heterocycles. The van der Waals surface area contributed by atoms with Crippen LogP contribution in [0.5, 0.6) is 11.8 Å². The molecule has 116 valence electrons. The summed E-state index contributed by atoms with van der Waals surface area (Å²) in [5.74, 6) is 0.287. The normalized spacial score (nSPS) is 11.3. The smallest absolute Gasteiger partial charge is 0.224 e. The van der Waals surface area contributed by atoms with E-state index in [0.717, 1.165) is 5.56 Å². The van der Waals surface area contributed by atoms with Gasteiger partial charge in [-0.15, -0.1) is 10.2 Å². The molecule has 0 bridgehead atoms. The van der Waals surface area contributed by atoms with Crippen LogP contribution in [0.2, 0.25) is 0 Å². The summed E-state index contributed by atoms with van der Waals surface area (Å²) < 4.78 is 4.19. The van der Waals surface area contributed by atoms with Gasteiger partial charge in [-0.25, -0.2) is 9.36 Å². The Hall–Kier alpha value is -3.43. The Morgan fingerprint density at radius 3 is 2.52 bits per heavy atom. The van der Waals surface area contributed by atoms with Gasteiger partial charge in [-0.05, 0) is 10.4 Å². The maximum absolute atomic E-state index is 10.1. The highest BCUT2D eigenvalue weighted by Crippen LogP contribution is 2.33. The fraction of sp³-hybridized carbons (Fsp3) is 0.154. The topological polar surface area (TPSA) is 120 Å². The average molecular weight is 312 g/mol. The molecule has 1 aromatic carbocycles. The predicted molar refractivity (Wildman–Crippen MR) is 78.5 cm³/mol. The van der Waals surface area contributed by atoms with Crippen LogP contribution in [0.4, 0.5) is 0 Å². The van der Waals surface area contributed by atoms with Gasteiger partial charge in [-0.2, -0.15) is 0 Å². The first-order valence-electron chi connectivity index (χ1n) is 6.78. The lowest BCUT2D eigenvalue weighted by Crippen LogP contribution is -2.12. The molecule has 4 rings (SSSR count). The van der Waals surface area contributed by atoms with E-state index >= 15 is 0 Å². The minimum atomic E-state index is -0.149. The molecule has 10 nitrogen and oxygen atoms in total. The monoisotopic (exact) mass is 312 g/mol. The molecule has 0 radical (unpaired) electrons. The average Bonchev–Trinajstić information content (AvgIpc) is 3.25. The summed E-state index contributed by atoms with van der Waals surface area (Å²) in [5.41, 5.74) is 1.40. The summed E-state index contributed by atoms with van der Waals surface area (Å²) in [7, 11) is 1.53. The van der Waals surface area contributed by atoms with E-state index < -0.39 is 0 Å². The number of aromatic nitrogens is 8. The molecule has 0 aliphatic rings. The van der Waals surface area contributed by atoms with Crippen molar-refractivity contribution in [3.8, 4) is 23.1 Å². The lowest BCUT2D eigenvalue weighted by Gasteiger charge is -2.05. The van der Waals surface area contributed by atoms with Gasteiger partial charge in [0.25, 0.3) is 0 Å². The van der Waals surface area contributed by atoms with Crippen molar-refractivity contribution in [2.45, 2.75) is 6.67 Å². The molecule has 23 heavy (non-hydrogen) atoms. The highest BCUT2D eigenvalue weighted by molar-refractivity contribution is 5.86. The van der Waals surface area contributed by atoms with Crippen LogP contribution in [0.3, 0.4) is 0 Å². The number of hydrogen-bond acceptors (Lipinski definition) is 7. The van der Waals surface area contributed by atoms with Gasteiger partial charge in [0, 0.05) is 12.6 Å². The molecular weight excluding hydrogens is 300 g/mol. The van der Waals surface area contributed by atoms with Gasteiger partial charge in [-0.3, -0.25) is 4.57 Å². The number of tetrazole rings is 1. The van der Waals surface area contributed by atoms with E-state index in [1.165, 1.54) is 21.0 Å². The summed E-state index contributed by atoms with van der Waals surface area (Å²) >= 11 is 0. The van der Waals surface area contributed by atoms with Gasteiger partial charge in [0.1, 0.15) is 6.67 Å².